The molecule has 3 N–H and O–H groups in total. The molecule has 5 nitrogen and oxygen atoms in total. The van der Waals surface area contributed by atoms with E-state index in [-0.39, 0.29) is 11.9 Å². The zero-order valence-corrected chi connectivity index (χ0v) is 21.7. The van der Waals surface area contributed by atoms with Crippen molar-refractivity contribution in [1.82, 2.24) is 10.6 Å². The molecule has 1 amide bonds. The van der Waals surface area contributed by atoms with Gasteiger partial charge in [-0.15, -0.1) is 0 Å². The Morgan fingerprint density at radius 3 is 2.06 bits per heavy atom. The van der Waals surface area contributed by atoms with Crippen LogP contribution >= 0.6 is 11.8 Å². The maximum atomic E-state index is 11.7. The Morgan fingerprint density at radius 2 is 1.53 bits per heavy atom. The molecule has 0 saturated carbocycles. The summed E-state index contributed by atoms with van der Waals surface area (Å²) < 4.78 is 0. The molecule has 32 heavy (non-hydrogen) atoms. The summed E-state index contributed by atoms with van der Waals surface area (Å²) in [5.74, 6) is 0.148. The van der Waals surface area contributed by atoms with Gasteiger partial charge in [0.2, 0.25) is 5.91 Å². The molecule has 0 aliphatic heterocycles. The summed E-state index contributed by atoms with van der Waals surface area (Å²) in [5, 5.41) is 15.4. The first-order valence-electron chi connectivity index (χ1n) is 11.5. The number of carbonyl (C=O) groups excluding carboxylic acids is 1. The van der Waals surface area contributed by atoms with Crippen molar-refractivity contribution in [1.29, 1.82) is 0 Å². The zero-order chi connectivity index (χ0) is 24.5. The summed E-state index contributed by atoms with van der Waals surface area (Å²) in [4.78, 5) is 23.1. The van der Waals surface area contributed by atoms with Gasteiger partial charge in [0.25, 0.3) is 0 Å². The lowest BCUT2D eigenvalue weighted by Crippen LogP contribution is -2.45. The van der Waals surface area contributed by atoms with E-state index in [9.17, 15) is 14.7 Å². The van der Waals surface area contributed by atoms with Gasteiger partial charge in [0.05, 0.1) is 6.04 Å². The van der Waals surface area contributed by atoms with Crippen molar-refractivity contribution in [2.45, 2.75) is 92.2 Å². The van der Waals surface area contributed by atoms with Crippen LogP contribution in [0.2, 0.25) is 0 Å². The van der Waals surface area contributed by atoms with E-state index in [4.69, 9.17) is 0 Å². The van der Waals surface area contributed by atoms with Crippen molar-refractivity contribution < 1.29 is 14.7 Å². The topological polar surface area (TPSA) is 78.4 Å². The van der Waals surface area contributed by atoms with Crippen LogP contribution in [0.5, 0.6) is 0 Å². The van der Waals surface area contributed by atoms with Gasteiger partial charge < -0.3 is 15.7 Å². The van der Waals surface area contributed by atoms with Crippen LogP contribution in [0.15, 0.2) is 47.2 Å². The number of carboxylic acid groups (broad SMARTS) is 1. The number of nitrogens with one attached hydrogen (secondary N) is 2. The molecule has 0 aliphatic rings. The molecule has 0 heterocycles. The number of carbonyl (C=O) groups is 2. The second-order valence-corrected chi connectivity index (χ2v) is 9.67. The fraction of sp³-hybridized carbons (Fsp3) is 0.615. The fourth-order valence-corrected chi connectivity index (χ4v) is 4.09. The van der Waals surface area contributed by atoms with Crippen molar-refractivity contribution in [2.75, 3.05) is 11.5 Å². The van der Waals surface area contributed by atoms with Crippen molar-refractivity contribution >= 4 is 23.6 Å². The summed E-state index contributed by atoms with van der Waals surface area (Å²) in [6.07, 6.45) is 12.6. The Morgan fingerprint density at radius 1 is 0.938 bits per heavy atom. The summed E-state index contributed by atoms with van der Waals surface area (Å²) in [7, 11) is 0. The van der Waals surface area contributed by atoms with Gasteiger partial charge in [-0.3, -0.25) is 4.79 Å². The second-order valence-electron chi connectivity index (χ2n) is 8.60. The smallest absolute Gasteiger partial charge is 0.326 e. The molecular weight excluding hydrogens is 420 g/mol. The largest absolute Gasteiger partial charge is 0.480 e. The third-order valence-corrected chi connectivity index (χ3v) is 5.96. The molecule has 6 heteroatoms. The van der Waals surface area contributed by atoms with Gasteiger partial charge in [-0.1, -0.05) is 54.9 Å². The van der Waals surface area contributed by atoms with Crippen molar-refractivity contribution in [2.24, 2.45) is 0 Å². The molecule has 0 aromatic rings. The number of hydrogen-bond acceptors (Lipinski definition) is 4. The lowest BCUT2D eigenvalue weighted by Gasteiger charge is -2.24. The van der Waals surface area contributed by atoms with Gasteiger partial charge >= 0.3 is 5.97 Å². The first kappa shape index (κ1) is 30.0. The summed E-state index contributed by atoms with van der Waals surface area (Å²) in [6.45, 7) is 16.0. The second kappa shape index (κ2) is 17.6. The highest BCUT2D eigenvalue weighted by Crippen LogP contribution is 2.14. The number of amides is 1. The predicted octanol–water partition coefficient (Wildman–Crippen LogP) is 6.00. The van der Waals surface area contributed by atoms with Gasteiger partial charge in [-0.05, 0) is 59.8 Å². The highest BCUT2D eigenvalue weighted by molar-refractivity contribution is 7.99. The first-order valence-corrected chi connectivity index (χ1v) is 12.7. The molecular formula is C26H44N2O3S. The van der Waals surface area contributed by atoms with Crippen LogP contribution in [0.1, 0.15) is 80.1 Å². The Bertz CT molecular complexity index is 691. The Labute approximate surface area is 199 Å². The molecule has 0 aromatic carbocycles. The molecule has 0 fully saturated rings. The van der Waals surface area contributed by atoms with Crippen LogP contribution in [0.4, 0.5) is 0 Å². The molecule has 182 valence electrons. The minimum absolute atomic E-state index is 0.147. The maximum Gasteiger partial charge on any atom is 0.326 e. The SMILES string of the molecule is C=C(NC(CSC/C=C(\C)CC/C=C(\C)CCC=C(C)C)C(=O)O)C(CCC)NC(C)=O. The van der Waals surface area contributed by atoms with Crippen LogP contribution in [0.3, 0.4) is 0 Å². The maximum absolute atomic E-state index is 11.7. The molecule has 2 unspecified atom stereocenters. The molecule has 0 bridgehead atoms. The highest BCUT2D eigenvalue weighted by atomic mass is 32.2. The third kappa shape index (κ3) is 15.8. The monoisotopic (exact) mass is 464 g/mol. The average molecular weight is 465 g/mol. The fourth-order valence-electron chi connectivity index (χ4n) is 3.09. The Kier molecular flexibility index (Phi) is 16.5. The van der Waals surface area contributed by atoms with Gasteiger partial charge in [0.1, 0.15) is 6.04 Å². The average Bonchev–Trinajstić information content (AvgIpc) is 2.69. The van der Waals surface area contributed by atoms with Gasteiger partial charge in [0.15, 0.2) is 0 Å². The number of aliphatic carboxylic acids is 1. The molecule has 0 spiro atoms. The van der Waals surface area contributed by atoms with Gasteiger partial charge in [-0.2, -0.15) is 11.8 Å². The standard InChI is InChI=1S/C26H44N2O3S/c1-8-11-24(28-23(7)29)22(6)27-25(26(30)31)18-32-17-16-21(5)15-10-14-20(4)13-9-12-19(2)3/h12,14,16,24-25,27H,6,8-11,13,15,17-18H2,1-5,7H3,(H,28,29)(H,30,31)/b20-14+,21-16+. The Balaban J connectivity index is 4.47. The van der Waals surface area contributed by atoms with E-state index in [1.54, 1.807) is 11.8 Å². The van der Waals surface area contributed by atoms with Crippen LogP contribution in [-0.2, 0) is 9.59 Å². The lowest BCUT2D eigenvalue weighted by molar-refractivity contribution is -0.138. The van der Waals surface area contributed by atoms with Gasteiger partial charge in [0, 0.05) is 24.1 Å². The quantitative estimate of drug-likeness (QED) is 0.182. The molecule has 0 aliphatic carbocycles. The summed E-state index contributed by atoms with van der Waals surface area (Å²) >= 11 is 1.58. The summed E-state index contributed by atoms with van der Waals surface area (Å²) in [6, 6.07) is -0.995. The number of carboxylic acids is 1. The van der Waals surface area contributed by atoms with Crippen molar-refractivity contribution in [3.05, 3.63) is 47.2 Å². The van der Waals surface area contributed by atoms with E-state index in [0.29, 0.717) is 11.4 Å². The van der Waals surface area contributed by atoms with Crippen LogP contribution in [-0.4, -0.2) is 40.6 Å². The van der Waals surface area contributed by atoms with Crippen LogP contribution in [0, 0.1) is 0 Å². The van der Waals surface area contributed by atoms with E-state index in [2.05, 4.69) is 63.1 Å². The van der Waals surface area contributed by atoms with Crippen molar-refractivity contribution in [3.63, 3.8) is 0 Å². The molecule has 0 radical (unpaired) electrons. The molecule has 0 saturated heterocycles. The highest BCUT2D eigenvalue weighted by Gasteiger charge is 2.21. The Hall–Kier alpha value is -1.95. The van der Waals surface area contributed by atoms with Crippen LogP contribution < -0.4 is 10.6 Å². The molecule has 0 rings (SSSR count). The predicted molar refractivity (Wildman–Crippen MR) is 139 cm³/mol. The molecule has 0 aromatic heterocycles. The van der Waals surface area contributed by atoms with E-state index in [1.807, 2.05) is 6.92 Å². The normalized spacial score (nSPS) is 13.8. The van der Waals surface area contributed by atoms with Crippen molar-refractivity contribution in [3.8, 4) is 0 Å². The number of allylic oxidation sites excluding steroid dienone is 5. The van der Waals surface area contributed by atoms with E-state index in [0.717, 1.165) is 44.3 Å². The summed E-state index contributed by atoms with van der Waals surface area (Å²) in [5.41, 5.74) is 4.67. The zero-order valence-electron chi connectivity index (χ0n) is 20.9. The third-order valence-electron chi connectivity index (χ3n) is 4.99. The van der Waals surface area contributed by atoms with E-state index in [1.165, 1.54) is 23.6 Å². The van der Waals surface area contributed by atoms with Gasteiger partial charge in [-0.25, -0.2) is 4.79 Å². The minimum Gasteiger partial charge on any atom is -0.480 e. The number of thioether (sulfide) groups is 1. The number of hydrogen-bond donors (Lipinski definition) is 3. The van der Waals surface area contributed by atoms with E-state index < -0.39 is 12.0 Å². The first-order chi connectivity index (χ1) is 15.1. The minimum atomic E-state index is -0.911. The number of rotatable bonds is 17. The van der Waals surface area contributed by atoms with E-state index >= 15 is 0 Å². The molecule has 2 atom stereocenters. The van der Waals surface area contributed by atoms with Crippen LogP contribution in [0.25, 0.3) is 0 Å². The lowest BCUT2D eigenvalue weighted by atomic mass is 10.1.